The minimum Gasteiger partial charge on any atom is -0.362 e. The topological polar surface area (TPSA) is 12.0 Å². The van der Waals surface area contributed by atoms with Gasteiger partial charge in [-0.15, -0.1) is 0 Å². The summed E-state index contributed by atoms with van der Waals surface area (Å²) >= 11 is 0. The second-order valence-electron chi connectivity index (χ2n) is 2.03. The summed E-state index contributed by atoms with van der Waals surface area (Å²) in [5.41, 5.74) is 2.32. The third kappa shape index (κ3) is 1.22. The quantitative estimate of drug-likeness (QED) is 0.563. The Bertz CT molecular complexity index is 180. The summed E-state index contributed by atoms with van der Waals surface area (Å²) in [6, 6.07) is 0. The van der Waals surface area contributed by atoms with Crippen molar-refractivity contribution in [3.05, 3.63) is 36.2 Å². The molecule has 1 nitrogen and oxygen atoms in total. The van der Waals surface area contributed by atoms with Crippen LogP contribution in [0.3, 0.4) is 0 Å². The van der Waals surface area contributed by atoms with Crippen molar-refractivity contribution in [3.8, 4) is 0 Å². The van der Waals surface area contributed by atoms with Gasteiger partial charge in [-0.1, -0.05) is 19.6 Å². The molecule has 0 aromatic rings. The maximum Gasteiger partial charge on any atom is 0.0339 e. The molecule has 50 valence electrons. The van der Waals surface area contributed by atoms with Crippen molar-refractivity contribution in [2.24, 2.45) is 0 Å². The first kappa shape index (κ1) is 6.14. The molecule has 1 N–H and O–H groups in total. The lowest BCUT2D eigenvalue weighted by atomic mass is 10.1. The van der Waals surface area contributed by atoms with Gasteiger partial charge in [0.1, 0.15) is 0 Å². The summed E-state index contributed by atoms with van der Waals surface area (Å²) in [5.74, 6) is 0. The maximum atomic E-state index is 3.84. The van der Waals surface area contributed by atoms with Gasteiger partial charge in [0, 0.05) is 13.3 Å². The number of allylic oxidation sites excluding steroid dienone is 3. The largest absolute Gasteiger partial charge is 0.362 e. The summed E-state index contributed by atoms with van der Waals surface area (Å²) < 4.78 is 0. The van der Waals surface area contributed by atoms with Crippen LogP contribution < -0.4 is 5.32 Å². The number of hydrogen-bond acceptors (Lipinski definition) is 1. The van der Waals surface area contributed by atoms with Gasteiger partial charge in [0.2, 0.25) is 0 Å². The van der Waals surface area contributed by atoms with E-state index in [-0.39, 0.29) is 1.43 Å². The zero-order chi connectivity index (χ0) is 6.69. The van der Waals surface area contributed by atoms with Gasteiger partial charge in [-0.2, -0.15) is 0 Å². The SMILES string of the molecule is C=C1NC=CC=C1CC.[HH]. The molecule has 0 unspecified atom stereocenters. The second-order valence-corrected chi connectivity index (χ2v) is 2.03. The number of dihydropyridines is 1. The molecule has 0 aromatic carbocycles. The maximum absolute atomic E-state index is 3.84. The van der Waals surface area contributed by atoms with Crippen molar-refractivity contribution < 1.29 is 1.43 Å². The highest BCUT2D eigenvalue weighted by molar-refractivity contribution is 5.34. The molecule has 1 heteroatoms. The summed E-state index contributed by atoms with van der Waals surface area (Å²) in [7, 11) is 0. The first-order valence-electron chi connectivity index (χ1n) is 3.16. The standard InChI is InChI=1S/C8H11N.H2/c1-3-8-5-4-6-9-7(8)2;/h4-6,9H,2-3H2,1H3;1H. The van der Waals surface area contributed by atoms with E-state index in [0.29, 0.717) is 0 Å². The molecule has 1 aliphatic rings. The molecule has 1 rings (SSSR count). The van der Waals surface area contributed by atoms with Crippen LogP contribution in [0.5, 0.6) is 0 Å². The van der Waals surface area contributed by atoms with Crippen molar-refractivity contribution >= 4 is 0 Å². The van der Waals surface area contributed by atoms with Crippen LogP contribution in [0.15, 0.2) is 36.2 Å². The van der Waals surface area contributed by atoms with E-state index in [4.69, 9.17) is 0 Å². The molecule has 0 radical (unpaired) electrons. The van der Waals surface area contributed by atoms with Gasteiger partial charge in [0.15, 0.2) is 0 Å². The minimum absolute atomic E-state index is 0. The zero-order valence-corrected chi connectivity index (χ0v) is 5.65. The molecular formula is C8H13N. The van der Waals surface area contributed by atoms with Crippen molar-refractivity contribution in [2.45, 2.75) is 13.3 Å². The average Bonchev–Trinajstić information content (AvgIpc) is 1.89. The van der Waals surface area contributed by atoms with Gasteiger partial charge < -0.3 is 5.32 Å². The third-order valence-corrected chi connectivity index (χ3v) is 1.42. The van der Waals surface area contributed by atoms with Crippen LogP contribution in [0, 0.1) is 0 Å². The van der Waals surface area contributed by atoms with E-state index >= 15 is 0 Å². The molecule has 0 aliphatic carbocycles. The van der Waals surface area contributed by atoms with E-state index in [1.807, 2.05) is 12.3 Å². The Hall–Kier alpha value is -0.980. The number of nitrogens with one attached hydrogen (secondary N) is 1. The van der Waals surface area contributed by atoms with E-state index < -0.39 is 0 Å². The van der Waals surface area contributed by atoms with Crippen LogP contribution in [0.4, 0.5) is 0 Å². The van der Waals surface area contributed by atoms with Gasteiger partial charge in [0.25, 0.3) is 0 Å². The molecule has 0 saturated heterocycles. The number of hydrogen-bond donors (Lipinski definition) is 1. The van der Waals surface area contributed by atoms with Crippen LogP contribution in [0.25, 0.3) is 0 Å². The predicted octanol–water partition coefficient (Wildman–Crippen LogP) is 2.20. The molecule has 1 aliphatic heterocycles. The fourth-order valence-corrected chi connectivity index (χ4v) is 0.838. The van der Waals surface area contributed by atoms with Gasteiger partial charge >= 0.3 is 0 Å². The van der Waals surface area contributed by atoms with Gasteiger partial charge in [-0.05, 0) is 18.1 Å². The first-order valence-corrected chi connectivity index (χ1v) is 3.16. The van der Waals surface area contributed by atoms with Gasteiger partial charge in [-0.3, -0.25) is 0 Å². The van der Waals surface area contributed by atoms with Gasteiger partial charge in [0.05, 0.1) is 0 Å². The summed E-state index contributed by atoms with van der Waals surface area (Å²) in [5, 5.41) is 3.04. The van der Waals surface area contributed by atoms with Crippen LogP contribution in [-0.4, -0.2) is 0 Å². The molecule has 0 fully saturated rings. The fourth-order valence-electron chi connectivity index (χ4n) is 0.838. The first-order chi connectivity index (χ1) is 4.34. The highest BCUT2D eigenvalue weighted by atomic mass is 14.9. The van der Waals surface area contributed by atoms with Crippen molar-refractivity contribution in [1.29, 1.82) is 0 Å². The highest BCUT2D eigenvalue weighted by Gasteiger charge is 1.98. The minimum atomic E-state index is 0. The monoisotopic (exact) mass is 123 g/mol. The third-order valence-electron chi connectivity index (χ3n) is 1.42. The Morgan fingerprint density at radius 2 is 2.56 bits per heavy atom. The van der Waals surface area contributed by atoms with Crippen LogP contribution in [0.2, 0.25) is 0 Å². The van der Waals surface area contributed by atoms with E-state index in [2.05, 4.69) is 24.9 Å². The average molecular weight is 123 g/mol. The lowest BCUT2D eigenvalue weighted by Crippen LogP contribution is -2.08. The summed E-state index contributed by atoms with van der Waals surface area (Å²) in [6.45, 7) is 5.96. The molecule has 0 spiro atoms. The van der Waals surface area contributed by atoms with Crippen molar-refractivity contribution in [3.63, 3.8) is 0 Å². The van der Waals surface area contributed by atoms with Gasteiger partial charge in [-0.25, -0.2) is 0 Å². The molecule has 9 heavy (non-hydrogen) atoms. The summed E-state index contributed by atoms with van der Waals surface area (Å²) in [4.78, 5) is 0. The van der Waals surface area contributed by atoms with E-state index in [1.54, 1.807) is 0 Å². The van der Waals surface area contributed by atoms with Crippen molar-refractivity contribution in [1.82, 2.24) is 5.32 Å². The smallest absolute Gasteiger partial charge is 0.0339 e. The molecule has 0 amide bonds. The Morgan fingerprint density at radius 3 is 3.00 bits per heavy atom. The fraction of sp³-hybridized carbons (Fsp3) is 0.250. The molecule has 0 aromatic heterocycles. The highest BCUT2D eigenvalue weighted by Crippen LogP contribution is 2.11. The van der Waals surface area contributed by atoms with E-state index in [9.17, 15) is 0 Å². The normalized spacial score (nSPS) is 17.0. The van der Waals surface area contributed by atoms with E-state index in [1.165, 1.54) is 5.57 Å². The molecule has 0 saturated carbocycles. The molecular weight excluding hydrogens is 110 g/mol. The van der Waals surface area contributed by atoms with Crippen molar-refractivity contribution in [2.75, 3.05) is 0 Å². The predicted molar refractivity (Wildman–Crippen MR) is 41.9 cm³/mol. The zero-order valence-electron chi connectivity index (χ0n) is 5.65. The van der Waals surface area contributed by atoms with Crippen LogP contribution in [0.1, 0.15) is 14.8 Å². The lowest BCUT2D eigenvalue weighted by molar-refractivity contribution is 0.988. The van der Waals surface area contributed by atoms with Crippen LogP contribution in [-0.2, 0) is 0 Å². The molecule has 0 bridgehead atoms. The van der Waals surface area contributed by atoms with Crippen LogP contribution >= 0.6 is 0 Å². The Labute approximate surface area is 57.3 Å². The Kier molecular flexibility index (Phi) is 1.73. The molecule has 0 atom stereocenters. The Balaban J connectivity index is 0.000000810. The number of rotatable bonds is 1. The van der Waals surface area contributed by atoms with E-state index in [0.717, 1.165) is 12.1 Å². The lowest BCUT2D eigenvalue weighted by Gasteiger charge is -2.10. The second kappa shape index (κ2) is 2.53. The molecule has 1 heterocycles. The summed E-state index contributed by atoms with van der Waals surface area (Å²) in [6.07, 6.45) is 7.02. The Morgan fingerprint density at radius 1 is 1.78 bits per heavy atom.